The highest BCUT2D eigenvalue weighted by atomic mass is 35.5. The van der Waals surface area contributed by atoms with Crippen molar-refractivity contribution in [2.24, 2.45) is 11.7 Å². The number of halogens is 3. The SMILES string of the molecule is Cc1ccc(Cl)c([C@H](N)CCC(C)C)c1F.Cl. The lowest BCUT2D eigenvalue weighted by Crippen LogP contribution is -2.14. The second-order valence-corrected chi connectivity index (χ2v) is 5.08. The molecule has 0 heterocycles. The van der Waals surface area contributed by atoms with Crippen molar-refractivity contribution in [1.82, 2.24) is 0 Å². The van der Waals surface area contributed by atoms with E-state index < -0.39 is 0 Å². The first kappa shape index (κ1) is 16.7. The summed E-state index contributed by atoms with van der Waals surface area (Å²) in [5, 5.41) is 0.430. The average Bonchev–Trinajstić information content (AvgIpc) is 2.21. The van der Waals surface area contributed by atoms with E-state index in [4.69, 9.17) is 17.3 Å². The zero-order valence-electron chi connectivity index (χ0n) is 10.5. The van der Waals surface area contributed by atoms with Gasteiger partial charge in [-0.3, -0.25) is 0 Å². The molecular formula is C13H20Cl2FN. The first-order valence-electron chi connectivity index (χ1n) is 5.63. The van der Waals surface area contributed by atoms with E-state index in [0.717, 1.165) is 12.8 Å². The lowest BCUT2D eigenvalue weighted by molar-refractivity contribution is 0.489. The van der Waals surface area contributed by atoms with Gasteiger partial charge >= 0.3 is 0 Å². The number of hydrogen-bond acceptors (Lipinski definition) is 1. The minimum atomic E-state index is -0.310. The van der Waals surface area contributed by atoms with Crippen LogP contribution >= 0.6 is 24.0 Å². The summed E-state index contributed by atoms with van der Waals surface area (Å²) in [6, 6.07) is 3.08. The Morgan fingerprint density at radius 1 is 1.29 bits per heavy atom. The summed E-state index contributed by atoms with van der Waals surface area (Å²) in [7, 11) is 0. The molecule has 1 aromatic carbocycles. The highest BCUT2D eigenvalue weighted by Crippen LogP contribution is 2.29. The molecule has 0 aromatic heterocycles. The molecule has 0 radical (unpaired) electrons. The van der Waals surface area contributed by atoms with Crippen molar-refractivity contribution in [2.75, 3.05) is 0 Å². The summed E-state index contributed by atoms with van der Waals surface area (Å²) in [4.78, 5) is 0. The minimum Gasteiger partial charge on any atom is -0.324 e. The fourth-order valence-corrected chi connectivity index (χ4v) is 1.96. The Hall–Kier alpha value is -0.310. The summed E-state index contributed by atoms with van der Waals surface area (Å²) < 4.78 is 13.9. The standard InChI is InChI=1S/C13H19ClFN.ClH/c1-8(2)4-7-11(16)12-10(14)6-5-9(3)13(12)15;/h5-6,8,11H,4,7,16H2,1-3H3;1H/t11-;/m1./s1. The first-order chi connectivity index (χ1) is 7.43. The molecule has 0 unspecified atom stereocenters. The largest absolute Gasteiger partial charge is 0.324 e. The fourth-order valence-electron chi connectivity index (χ4n) is 1.68. The second-order valence-electron chi connectivity index (χ2n) is 4.67. The summed E-state index contributed by atoms with van der Waals surface area (Å²) in [6.07, 6.45) is 1.74. The Labute approximate surface area is 114 Å². The normalized spacial score (nSPS) is 12.4. The van der Waals surface area contributed by atoms with Gasteiger partial charge in [0, 0.05) is 16.6 Å². The van der Waals surface area contributed by atoms with Gasteiger partial charge in [-0.2, -0.15) is 0 Å². The molecule has 2 N–H and O–H groups in total. The Morgan fingerprint density at radius 2 is 1.88 bits per heavy atom. The van der Waals surface area contributed by atoms with Crippen molar-refractivity contribution in [1.29, 1.82) is 0 Å². The van der Waals surface area contributed by atoms with Gasteiger partial charge in [-0.1, -0.05) is 31.5 Å². The number of aryl methyl sites for hydroxylation is 1. The third-order valence-electron chi connectivity index (χ3n) is 2.75. The molecule has 0 bridgehead atoms. The Kier molecular flexibility index (Phi) is 7.07. The van der Waals surface area contributed by atoms with Crippen molar-refractivity contribution < 1.29 is 4.39 Å². The van der Waals surface area contributed by atoms with E-state index in [-0.39, 0.29) is 24.3 Å². The zero-order valence-corrected chi connectivity index (χ0v) is 12.0. The molecule has 1 rings (SSSR count). The van der Waals surface area contributed by atoms with Crippen LogP contribution in [-0.4, -0.2) is 0 Å². The summed E-state index contributed by atoms with van der Waals surface area (Å²) >= 11 is 5.99. The Morgan fingerprint density at radius 3 is 2.41 bits per heavy atom. The fraction of sp³-hybridized carbons (Fsp3) is 0.538. The predicted molar refractivity (Wildman–Crippen MR) is 74.4 cm³/mol. The van der Waals surface area contributed by atoms with E-state index in [2.05, 4.69) is 13.8 Å². The van der Waals surface area contributed by atoms with Crippen LogP contribution in [-0.2, 0) is 0 Å². The van der Waals surface area contributed by atoms with Gasteiger partial charge in [-0.25, -0.2) is 4.39 Å². The van der Waals surface area contributed by atoms with Gasteiger partial charge in [-0.15, -0.1) is 12.4 Å². The van der Waals surface area contributed by atoms with E-state index in [1.165, 1.54) is 0 Å². The monoisotopic (exact) mass is 279 g/mol. The number of rotatable bonds is 4. The third-order valence-corrected chi connectivity index (χ3v) is 3.08. The lowest BCUT2D eigenvalue weighted by Gasteiger charge is -2.16. The van der Waals surface area contributed by atoms with Gasteiger partial charge in [0.2, 0.25) is 0 Å². The van der Waals surface area contributed by atoms with Gasteiger partial charge < -0.3 is 5.73 Å². The molecule has 0 aliphatic rings. The maximum Gasteiger partial charge on any atom is 0.132 e. The molecule has 1 aromatic rings. The first-order valence-corrected chi connectivity index (χ1v) is 6.01. The van der Waals surface area contributed by atoms with Gasteiger partial charge in [-0.05, 0) is 37.3 Å². The van der Waals surface area contributed by atoms with Crippen molar-refractivity contribution in [2.45, 2.75) is 39.7 Å². The second kappa shape index (κ2) is 7.20. The molecule has 1 atom stereocenters. The van der Waals surface area contributed by atoms with Crippen LogP contribution in [0.4, 0.5) is 4.39 Å². The Bertz CT molecular complexity index is 367. The topological polar surface area (TPSA) is 26.0 Å². The van der Waals surface area contributed by atoms with Crippen LogP contribution in [0.15, 0.2) is 12.1 Å². The summed E-state index contributed by atoms with van der Waals surface area (Å²) in [6.45, 7) is 5.98. The van der Waals surface area contributed by atoms with Gasteiger partial charge in [0.05, 0.1) is 0 Å². The van der Waals surface area contributed by atoms with E-state index in [1.54, 1.807) is 19.1 Å². The molecule has 0 spiro atoms. The maximum atomic E-state index is 13.9. The molecule has 0 saturated carbocycles. The minimum absolute atomic E-state index is 0. The zero-order chi connectivity index (χ0) is 12.3. The van der Waals surface area contributed by atoms with E-state index >= 15 is 0 Å². The Balaban J connectivity index is 0.00000256. The van der Waals surface area contributed by atoms with Crippen LogP contribution in [0.1, 0.15) is 43.9 Å². The number of benzene rings is 1. The van der Waals surface area contributed by atoms with Gasteiger partial charge in [0.1, 0.15) is 5.82 Å². The molecule has 17 heavy (non-hydrogen) atoms. The highest BCUT2D eigenvalue weighted by Gasteiger charge is 2.17. The highest BCUT2D eigenvalue weighted by molar-refractivity contribution is 6.31. The van der Waals surface area contributed by atoms with Crippen molar-refractivity contribution in [3.63, 3.8) is 0 Å². The summed E-state index contributed by atoms with van der Waals surface area (Å²) in [5.74, 6) is 0.307. The van der Waals surface area contributed by atoms with Crippen LogP contribution in [0.5, 0.6) is 0 Å². The van der Waals surface area contributed by atoms with Crippen molar-refractivity contribution in [3.8, 4) is 0 Å². The predicted octanol–water partition coefficient (Wildman–Crippen LogP) is 4.65. The molecule has 1 nitrogen and oxygen atoms in total. The van der Waals surface area contributed by atoms with Crippen LogP contribution < -0.4 is 5.73 Å². The molecule has 0 fully saturated rings. The third kappa shape index (κ3) is 4.46. The van der Waals surface area contributed by atoms with Crippen molar-refractivity contribution in [3.05, 3.63) is 34.1 Å². The van der Waals surface area contributed by atoms with Crippen LogP contribution in [0, 0.1) is 18.7 Å². The van der Waals surface area contributed by atoms with Crippen molar-refractivity contribution >= 4 is 24.0 Å². The van der Waals surface area contributed by atoms with E-state index in [1.807, 2.05) is 0 Å². The molecular weight excluding hydrogens is 260 g/mol. The maximum absolute atomic E-state index is 13.9. The molecule has 0 aliphatic heterocycles. The molecule has 0 aliphatic carbocycles. The smallest absolute Gasteiger partial charge is 0.132 e. The average molecular weight is 280 g/mol. The van der Waals surface area contributed by atoms with E-state index in [9.17, 15) is 4.39 Å². The van der Waals surface area contributed by atoms with Gasteiger partial charge in [0.15, 0.2) is 0 Å². The molecule has 0 amide bonds. The summed E-state index contributed by atoms with van der Waals surface area (Å²) in [5.41, 5.74) is 7.05. The van der Waals surface area contributed by atoms with Crippen LogP contribution in [0.25, 0.3) is 0 Å². The molecule has 0 saturated heterocycles. The van der Waals surface area contributed by atoms with Crippen LogP contribution in [0.3, 0.4) is 0 Å². The lowest BCUT2D eigenvalue weighted by atomic mass is 9.96. The number of nitrogens with two attached hydrogens (primary N) is 1. The molecule has 98 valence electrons. The number of hydrogen-bond donors (Lipinski definition) is 1. The van der Waals surface area contributed by atoms with Crippen LogP contribution in [0.2, 0.25) is 5.02 Å². The van der Waals surface area contributed by atoms with Gasteiger partial charge in [0.25, 0.3) is 0 Å². The quantitative estimate of drug-likeness (QED) is 0.853. The van der Waals surface area contributed by atoms with E-state index in [0.29, 0.717) is 22.1 Å². The molecule has 4 heteroatoms.